The summed E-state index contributed by atoms with van der Waals surface area (Å²) in [6.07, 6.45) is 1.89. The van der Waals surface area contributed by atoms with Gasteiger partial charge >= 0.3 is 0 Å². The third kappa shape index (κ3) is 1.67. The third-order valence-corrected chi connectivity index (χ3v) is 2.70. The lowest BCUT2D eigenvalue weighted by atomic mass is 10.3. The van der Waals surface area contributed by atoms with E-state index in [-0.39, 0.29) is 0 Å². The van der Waals surface area contributed by atoms with E-state index in [1.807, 2.05) is 65.8 Å². The quantitative estimate of drug-likeness (QED) is 0.590. The van der Waals surface area contributed by atoms with Crippen LogP contribution >= 0.6 is 0 Å². The molecule has 0 fully saturated rings. The first-order valence-electron chi connectivity index (χ1n) is 5.55. The average molecular weight is 225 g/mol. The van der Waals surface area contributed by atoms with Crippen molar-refractivity contribution in [1.29, 1.82) is 0 Å². The number of rotatable bonds is 1. The van der Waals surface area contributed by atoms with Crippen LogP contribution < -0.4 is 4.68 Å². The van der Waals surface area contributed by atoms with E-state index in [4.69, 9.17) is 0 Å². The third-order valence-electron chi connectivity index (χ3n) is 2.70. The first-order chi connectivity index (χ1) is 8.24. The number of nitrogens with zero attached hydrogens (tertiary/aromatic N) is 4. The van der Waals surface area contributed by atoms with Gasteiger partial charge in [0, 0.05) is 5.56 Å². The van der Waals surface area contributed by atoms with Gasteiger partial charge in [-0.25, -0.2) is 0 Å². The van der Waals surface area contributed by atoms with E-state index in [1.54, 1.807) is 0 Å². The predicted octanol–water partition coefficient (Wildman–Crippen LogP) is 1.62. The van der Waals surface area contributed by atoms with Gasteiger partial charge in [0.25, 0.3) is 12.0 Å². The van der Waals surface area contributed by atoms with Crippen molar-refractivity contribution in [2.24, 2.45) is 0 Å². The fourth-order valence-electron chi connectivity index (χ4n) is 1.95. The molecule has 2 heterocycles. The zero-order valence-corrected chi connectivity index (χ0v) is 9.83. The van der Waals surface area contributed by atoms with Gasteiger partial charge in [-0.2, -0.15) is 0 Å². The first kappa shape index (κ1) is 9.96. The SMILES string of the molecule is Cc1cc(C)c2n[n+](-c3ccccc3)cn2n1. The molecule has 3 rings (SSSR count). The van der Waals surface area contributed by atoms with Crippen molar-refractivity contribution in [3.8, 4) is 5.69 Å². The summed E-state index contributed by atoms with van der Waals surface area (Å²) >= 11 is 0. The molecule has 0 amide bonds. The summed E-state index contributed by atoms with van der Waals surface area (Å²) in [5.41, 5.74) is 4.05. The number of benzene rings is 1. The highest BCUT2D eigenvalue weighted by molar-refractivity contribution is 5.44. The molecule has 2 aromatic heterocycles. The molecule has 0 aliphatic carbocycles. The van der Waals surface area contributed by atoms with Crippen molar-refractivity contribution in [1.82, 2.24) is 14.7 Å². The lowest BCUT2D eigenvalue weighted by Gasteiger charge is -1.90. The highest BCUT2D eigenvalue weighted by Gasteiger charge is 2.14. The summed E-state index contributed by atoms with van der Waals surface area (Å²) in [6.45, 7) is 4.03. The zero-order valence-electron chi connectivity index (χ0n) is 9.83. The molecule has 0 unspecified atom stereocenters. The van der Waals surface area contributed by atoms with E-state index in [0.717, 1.165) is 22.6 Å². The summed E-state index contributed by atoms with van der Waals surface area (Å²) in [4.78, 5) is 0. The van der Waals surface area contributed by atoms with E-state index < -0.39 is 0 Å². The van der Waals surface area contributed by atoms with Gasteiger partial charge in [0.1, 0.15) is 0 Å². The van der Waals surface area contributed by atoms with E-state index in [9.17, 15) is 0 Å². The van der Waals surface area contributed by atoms with Crippen LogP contribution in [0.4, 0.5) is 0 Å². The first-order valence-corrected chi connectivity index (χ1v) is 5.55. The molecule has 0 spiro atoms. The zero-order chi connectivity index (χ0) is 11.8. The van der Waals surface area contributed by atoms with Gasteiger partial charge in [0.15, 0.2) is 5.69 Å². The number of aryl methyl sites for hydroxylation is 2. The Morgan fingerprint density at radius 3 is 2.65 bits per heavy atom. The second kappa shape index (κ2) is 3.66. The van der Waals surface area contributed by atoms with Crippen LogP contribution in [0.25, 0.3) is 11.3 Å². The fourth-order valence-corrected chi connectivity index (χ4v) is 1.95. The molecule has 84 valence electrons. The van der Waals surface area contributed by atoms with E-state index in [2.05, 4.69) is 10.2 Å². The molecule has 4 heteroatoms. The van der Waals surface area contributed by atoms with Crippen molar-refractivity contribution < 1.29 is 4.68 Å². The van der Waals surface area contributed by atoms with E-state index in [1.165, 1.54) is 0 Å². The van der Waals surface area contributed by atoms with E-state index in [0.29, 0.717) is 0 Å². The number of aromatic nitrogens is 4. The molecule has 0 saturated heterocycles. The Bertz CT molecular complexity index is 670. The number of para-hydroxylation sites is 1. The van der Waals surface area contributed by atoms with E-state index >= 15 is 0 Å². The van der Waals surface area contributed by atoms with Gasteiger partial charge in [-0.15, -0.1) is 0 Å². The monoisotopic (exact) mass is 225 g/mol. The molecule has 1 aromatic carbocycles. The topological polar surface area (TPSA) is 34.1 Å². The Kier molecular flexibility index (Phi) is 2.14. The highest BCUT2D eigenvalue weighted by atomic mass is 15.4. The van der Waals surface area contributed by atoms with Crippen LogP contribution in [0, 0.1) is 13.8 Å². The lowest BCUT2D eigenvalue weighted by Crippen LogP contribution is -2.31. The van der Waals surface area contributed by atoms with Gasteiger partial charge < -0.3 is 0 Å². The summed E-state index contributed by atoms with van der Waals surface area (Å²) in [6, 6.07) is 12.1. The Labute approximate surface area is 99.1 Å². The maximum Gasteiger partial charge on any atom is 0.297 e. The van der Waals surface area contributed by atoms with Crippen LogP contribution in [0.3, 0.4) is 0 Å². The van der Waals surface area contributed by atoms with Crippen LogP contribution in [-0.4, -0.2) is 14.7 Å². The van der Waals surface area contributed by atoms with Crippen molar-refractivity contribution in [3.63, 3.8) is 0 Å². The summed E-state index contributed by atoms with van der Waals surface area (Å²) in [7, 11) is 0. The average Bonchev–Trinajstić information content (AvgIpc) is 2.74. The largest absolute Gasteiger partial charge is 0.297 e. The van der Waals surface area contributed by atoms with Crippen LogP contribution in [0.5, 0.6) is 0 Å². The molecule has 0 aliphatic rings. The molecule has 4 nitrogen and oxygen atoms in total. The predicted molar refractivity (Wildman–Crippen MR) is 64.0 cm³/mol. The Morgan fingerprint density at radius 2 is 1.88 bits per heavy atom. The molecule has 0 radical (unpaired) electrons. The molecule has 17 heavy (non-hydrogen) atoms. The molecule has 0 aliphatic heterocycles. The van der Waals surface area contributed by atoms with Gasteiger partial charge in [-0.1, -0.05) is 32.5 Å². The molecule has 0 saturated carbocycles. The van der Waals surface area contributed by atoms with Crippen LogP contribution in [-0.2, 0) is 0 Å². The van der Waals surface area contributed by atoms with Crippen molar-refractivity contribution in [2.45, 2.75) is 13.8 Å². The maximum atomic E-state index is 4.54. The Balaban J connectivity index is 2.24. The second-order valence-electron chi connectivity index (χ2n) is 4.13. The highest BCUT2D eigenvalue weighted by Crippen LogP contribution is 2.06. The van der Waals surface area contributed by atoms with Crippen LogP contribution in [0.2, 0.25) is 0 Å². The molecule has 0 atom stereocenters. The molecule has 0 bridgehead atoms. The lowest BCUT2D eigenvalue weighted by molar-refractivity contribution is -0.655. The second-order valence-corrected chi connectivity index (χ2v) is 4.13. The molecule has 3 aromatic rings. The Morgan fingerprint density at radius 1 is 1.12 bits per heavy atom. The smallest absolute Gasteiger partial charge is 0.0977 e. The fraction of sp³-hybridized carbons (Fsp3) is 0.154. The number of hydrogen-bond acceptors (Lipinski definition) is 2. The number of fused-ring (bicyclic) bond motifs is 1. The summed E-state index contributed by atoms with van der Waals surface area (Å²) < 4.78 is 3.66. The van der Waals surface area contributed by atoms with Crippen LogP contribution in [0.15, 0.2) is 42.7 Å². The molecular formula is C13H13N4+. The maximum absolute atomic E-state index is 4.54. The van der Waals surface area contributed by atoms with Gasteiger partial charge in [-0.3, -0.25) is 0 Å². The van der Waals surface area contributed by atoms with Gasteiger partial charge in [0.2, 0.25) is 0 Å². The van der Waals surface area contributed by atoms with Crippen molar-refractivity contribution in [3.05, 3.63) is 54.0 Å². The minimum absolute atomic E-state index is 0.888. The molecule has 0 N–H and O–H groups in total. The summed E-state index contributed by atoms with van der Waals surface area (Å²) in [5, 5.41) is 8.96. The van der Waals surface area contributed by atoms with Gasteiger partial charge in [-0.05, 0) is 37.1 Å². The normalized spacial score (nSPS) is 10.9. The van der Waals surface area contributed by atoms with Crippen molar-refractivity contribution >= 4 is 5.65 Å². The van der Waals surface area contributed by atoms with Crippen molar-refractivity contribution in [2.75, 3.05) is 0 Å². The Hall–Kier alpha value is -2.23. The standard InChI is InChI=1S/C13H13N4/c1-10-8-11(2)14-17-9-16(15-13(10)17)12-6-4-3-5-7-12/h3-9H,1-2H3/q+1. The minimum atomic E-state index is 0.888. The molecular weight excluding hydrogens is 212 g/mol. The summed E-state index contributed by atoms with van der Waals surface area (Å²) in [5.74, 6) is 0. The number of hydrogen-bond donors (Lipinski definition) is 0. The minimum Gasteiger partial charge on any atom is -0.0977 e. The van der Waals surface area contributed by atoms with Crippen LogP contribution in [0.1, 0.15) is 11.3 Å². The van der Waals surface area contributed by atoms with Gasteiger partial charge in [0.05, 0.1) is 5.69 Å².